The molecule has 2 aliphatic heterocycles. The summed E-state index contributed by atoms with van der Waals surface area (Å²) in [6, 6.07) is 0. The number of amides is 1. The number of ether oxygens (including phenoxy) is 1. The van der Waals surface area contributed by atoms with Crippen LogP contribution in [0.2, 0.25) is 0 Å². The van der Waals surface area contributed by atoms with Gasteiger partial charge in [-0.25, -0.2) is 4.98 Å². The highest BCUT2D eigenvalue weighted by atomic mass is 16.5. The summed E-state index contributed by atoms with van der Waals surface area (Å²) in [5.74, 6) is 1.72. The van der Waals surface area contributed by atoms with E-state index in [1.165, 1.54) is 32.2 Å². The van der Waals surface area contributed by atoms with Gasteiger partial charge < -0.3 is 19.5 Å². The fraction of sp³-hybridized carbons (Fsp3) is 0.652. The molecular formula is C23H32N6O2. The van der Waals surface area contributed by atoms with Gasteiger partial charge in [-0.3, -0.25) is 14.8 Å². The van der Waals surface area contributed by atoms with Crippen molar-refractivity contribution in [3.05, 3.63) is 42.0 Å². The number of carbonyl (C=O) groups excluding carboxylic acids is 1. The van der Waals surface area contributed by atoms with E-state index >= 15 is 0 Å². The van der Waals surface area contributed by atoms with Crippen LogP contribution in [-0.4, -0.2) is 56.1 Å². The van der Waals surface area contributed by atoms with Crippen LogP contribution in [-0.2, 0) is 28.2 Å². The average molecular weight is 425 g/mol. The molecule has 0 bridgehead atoms. The van der Waals surface area contributed by atoms with E-state index in [0.29, 0.717) is 13.1 Å². The van der Waals surface area contributed by atoms with Crippen molar-refractivity contribution in [1.82, 2.24) is 29.7 Å². The minimum Gasteiger partial charge on any atom is -0.352 e. The fourth-order valence-electron chi connectivity index (χ4n) is 5.33. The largest absolute Gasteiger partial charge is 0.352 e. The molecule has 4 heterocycles. The summed E-state index contributed by atoms with van der Waals surface area (Å²) >= 11 is 0. The number of carbonyl (C=O) groups is 1. The number of piperidine rings is 1. The van der Waals surface area contributed by atoms with Gasteiger partial charge in [-0.15, -0.1) is 0 Å². The SMILES string of the molecule is Cc1cnc(CNC(=O)C2Cn3ccnc3C3(CCN(CC4CCCC4)CC3)O2)cn1. The van der Waals surface area contributed by atoms with Gasteiger partial charge >= 0.3 is 0 Å². The lowest BCUT2D eigenvalue weighted by Crippen LogP contribution is -2.54. The summed E-state index contributed by atoms with van der Waals surface area (Å²) < 4.78 is 8.63. The van der Waals surface area contributed by atoms with Gasteiger partial charge in [-0.05, 0) is 38.5 Å². The number of nitrogens with one attached hydrogen (secondary N) is 1. The third kappa shape index (κ3) is 4.36. The second kappa shape index (κ2) is 8.67. The number of nitrogens with zero attached hydrogens (tertiary/aromatic N) is 5. The Balaban J connectivity index is 1.23. The summed E-state index contributed by atoms with van der Waals surface area (Å²) in [6.45, 7) is 5.94. The number of fused-ring (bicyclic) bond motifs is 2. The zero-order valence-corrected chi connectivity index (χ0v) is 18.3. The minimum atomic E-state index is -0.526. The first kappa shape index (κ1) is 20.6. The molecule has 1 saturated heterocycles. The molecule has 1 saturated carbocycles. The van der Waals surface area contributed by atoms with Gasteiger partial charge in [0.15, 0.2) is 6.10 Å². The highest BCUT2D eigenvalue weighted by Gasteiger charge is 2.47. The molecule has 8 nitrogen and oxygen atoms in total. The van der Waals surface area contributed by atoms with Crippen molar-refractivity contribution in [2.24, 2.45) is 5.92 Å². The van der Waals surface area contributed by atoms with Crippen molar-refractivity contribution in [3.8, 4) is 0 Å². The molecule has 0 aromatic carbocycles. The number of aromatic nitrogens is 4. The molecule has 5 rings (SSSR count). The molecular weight excluding hydrogens is 392 g/mol. The van der Waals surface area contributed by atoms with Crippen LogP contribution in [0.5, 0.6) is 0 Å². The van der Waals surface area contributed by atoms with Crippen LogP contribution < -0.4 is 5.32 Å². The second-order valence-corrected chi connectivity index (χ2v) is 9.32. The number of aryl methyl sites for hydroxylation is 1. The lowest BCUT2D eigenvalue weighted by molar-refractivity contribution is -0.174. The van der Waals surface area contributed by atoms with Crippen LogP contribution in [0.15, 0.2) is 24.8 Å². The maximum absolute atomic E-state index is 13.0. The molecule has 1 amide bonds. The van der Waals surface area contributed by atoms with Crippen LogP contribution >= 0.6 is 0 Å². The molecule has 1 atom stereocenters. The minimum absolute atomic E-state index is 0.102. The molecule has 1 unspecified atom stereocenters. The Kier molecular flexibility index (Phi) is 5.75. The summed E-state index contributed by atoms with van der Waals surface area (Å²) in [5.41, 5.74) is 1.13. The third-order valence-corrected chi connectivity index (χ3v) is 7.08. The monoisotopic (exact) mass is 424 g/mol. The van der Waals surface area contributed by atoms with Crippen molar-refractivity contribution in [3.63, 3.8) is 0 Å². The van der Waals surface area contributed by atoms with Gasteiger partial charge in [0.25, 0.3) is 5.91 Å². The van der Waals surface area contributed by atoms with Crippen molar-refractivity contribution < 1.29 is 9.53 Å². The first-order valence-electron chi connectivity index (χ1n) is 11.6. The summed E-state index contributed by atoms with van der Waals surface area (Å²) in [6.07, 6.45) is 13.9. The average Bonchev–Trinajstić information content (AvgIpc) is 3.47. The summed E-state index contributed by atoms with van der Waals surface area (Å²) in [5, 5.41) is 2.98. The first-order valence-corrected chi connectivity index (χ1v) is 11.6. The molecule has 1 spiro atoms. The lowest BCUT2D eigenvalue weighted by atomic mass is 9.88. The Hall–Kier alpha value is -2.32. The molecule has 31 heavy (non-hydrogen) atoms. The summed E-state index contributed by atoms with van der Waals surface area (Å²) in [4.78, 5) is 28.7. The van der Waals surface area contributed by atoms with E-state index in [1.807, 2.05) is 19.3 Å². The standard InChI is InChI=1S/C23H32N6O2/c1-17-12-26-19(13-25-17)14-27-21(30)20-16-29-11-8-24-22(29)23(31-20)6-9-28(10-7-23)15-18-4-2-3-5-18/h8,11-13,18,20H,2-7,9-10,14-16H2,1H3,(H,27,30). The smallest absolute Gasteiger partial charge is 0.251 e. The number of likely N-dealkylation sites (tertiary alicyclic amines) is 1. The van der Waals surface area contributed by atoms with E-state index in [1.54, 1.807) is 12.4 Å². The second-order valence-electron chi connectivity index (χ2n) is 9.32. The Morgan fingerprint density at radius 1 is 1.19 bits per heavy atom. The first-order chi connectivity index (χ1) is 15.1. The van der Waals surface area contributed by atoms with Gasteiger partial charge in [-0.2, -0.15) is 0 Å². The maximum Gasteiger partial charge on any atom is 0.251 e. The maximum atomic E-state index is 13.0. The Morgan fingerprint density at radius 2 is 2.00 bits per heavy atom. The number of rotatable bonds is 5. The third-order valence-electron chi connectivity index (χ3n) is 7.08. The van der Waals surface area contributed by atoms with Gasteiger partial charge in [0.05, 0.1) is 30.7 Å². The van der Waals surface area contributed by atoms with Crippen LogP contribution in [0.3, 0.4) is 0 Å². The lowest BCUT2D eigenvalue weighted by Gasteiger charge is -2.46. The van der Waals surface area contributed by atoms with E-state index in [2.05, 4.69) is 29.7 Å². The van der Waals surface area contributed by atoms with Crippen LogP contribution in [0, 0.1) is 12.8 Å². The molecule has 1 N–H and O–H groups in total. The normalized spacial score (nSPS) is 23.7. The van der Waals surface area contributed by atoms with Crippen LogP contribution in [0.25, 0.3) is 0 Å². The highest BCUT2D eigenvalue weighted by molar-refractivity contribution is 5.80. The topological polar surface area (TPSA) is 85.2 Å². The molecule has 3 aliphatic rings. The molecule has 2 fully saturated rings. The van der Waals surface area contributed by atoms with Crippen LogP contribution in [0.4, 0.5) is 0 Å². The predicted octanol–water partition coefficient (Wildman–Crippen LogP) is 2.18. The molecule has 166 valence electrons. The van der Waals surface area contributed by atoms with Gasteiger partial charge in [0.1, 0.15) is 11.4 Å². The van der Waals surface area contributed by atoms with E-state index in [-0.39, 0.29) is 5.91 Å². The molecule has 2 aromatic heterocycles. The van der Waals surface area contributed by atoms with Crippen molar-refractivity contribution in [2.75, 3.05) is 19.6 Å². The van der Waals surface area contributed by atoms with E-state index in [0.717, 1.165) is 49.1 Å². The Morgan fingerprint density at radius 3 is 2.74 bits per heavy atom. The number of imidazole rings is 1. The zero-order valence-electron chi connectivity index (χ0n) is 18.3. The van der Waals surface area contributed by atoms with E-state index in [9.17, 15) is 4.79 Å². The fourth-order valence-corrected chi connectivity index (χ4v) is 5.33. The number of hydrogen-bond donors (Lipinski definition) is 1. The van der Waals surface area contributed by atoms with Crippen molar-refractivity contribution in [1.29, 1.82) is 0 Å². The summed E-state index contributed by atoms with van der Waals surface area (Å²) in [7, 11) is 0. The molecule has 0 radical (unpaired) electrons. The predicted molar refractivity (Wildman–Crippen MR) is 115 cm³/mol. The number of hydrogen-bond acceptors (Lipinski definition) is 6. The van der Waals surface area contributed by atoms with Gasteiger partial charge in [0.2, 0.25) is 0 Å². The molecule has 1 aliphatic carbocycles. The highest BCUT2D eigenvalue weighted by Crippen LogP contribution is 2.40. The van der Waals surface area contributed by atoms with Crippen molar-refractivity contribution >= 4 is 5.91 Å². The van der Waals surface area contributed by atoms with E-state index in [4.69, 9.17) is 4.74 Å². The van der Waals surface area contributed by atoms with Gasteiger partial charge in [-0.1, -0.05) is 12.8 Å². The zero-order chi connectivity index (χ0) is 21.3. The molecule has 8 heteroatoms. The van der Waals surface area contributed by atoms with E-state index < -0.39 is 11.7 Å². The quantitative estimate of drug-likeness (QED) is 0.792. The Bertz CT molecular complexity index is 897. The molecule has 2 aromatic rings. The van der Waals surface area contributed by atoms with Crippen LogP contribution in [0.1, 0.15) is 55.7 Å². The van der Waals surface area contributed by atoms with Crippen molar-refractivity contribution in [2.45, 2.75) is 70.2 Å². The van der Waals surface area contributed by atoms with Gasteiger partial charge in [0, 0.05) is 38.2 Å². The Labute approximate surface area is 183 Å².